The molecule has 0 atom stereocenters. The predicted octanol–water partition coefficient (Wildman–Crippen LogP) is 3.49. The van der Waals surface area contributed by atoms with Crippen LogP contribution in [0.1, 0.15) is 16.1 Å². The summed E-state index contributed by atoms with van der Waals surface area (Å²) >= 11 is 4.74. The number of anilines is 1. The Kier molecular flexibility index (Phi) is 4.63. The zero-order chi connectivity index (χ0) is 17.2. The van der Waals surface area contributed by atoms with E-state index in [0.29, 0.717) is 10.7 Å². The van der Waals surface area contributed by atoms with E-state index in [0.717, 1.165) is 21.1 Å². The highest BCUT2D eigenvalue weighted by atomic mass is 79.9. The van der Waals surface area contributed by atoms with Gasteiger partial charge in [0.25, 0.3) is 5.91 Å². The molecule has 1 aromatic carbocycles. The van der Waals surface area contributed by atoms with Crippen LogP contribution in [-0.4, -0.2) is 25.7 Å². The maximum atomic E-state index is 12.5. The lowest BCUT2D eigenvalue weighted by atomic mass is 10.1. The van der Waals surface area contributed by atoms with E-state index in [1.54, 1.807) is 17.1 Å². The van der Waals surface area contributed by atoms with Gasteiger partial charge in [-0.05, 0) is 53.7 Å². The predicted molar refractivity (Wildman–Crippen MR) is 98.7 cm³/mol. The highest BCUT2D eigenvalue weighted by Gasteiger charge is 2.27. The first-order valence-corrected chi connectivity index (χ1v) is 8.97. The van der Waals surface area contributed by atoms with Crippen molar-refractivity contribution in [1.82, 2.24) is 19.7 Å². The molecule has 4 rings (SSSR count). The number of carbonyl (C=O) groups is 1. The number of nitrogens with zero attached hydrogens (tertiary/aromatic N) is 4. The molecule has 1 aliphatic carbocycles. The molecule has 8 heteroatoms. The van der Waals surface area contributed by atoms with Crippen LogP contribution in [-0.2, 0) is 0 Å². The topological polar surface area (TPSA) is 72.7 Å². The molecule has 0 saturated heterocycles. The van der Waals surface area contributed by atoms with Crippen molar-refractivity contribution >= 4 is 38.3 Å². The molecule has 123 valence electrons. The number of nitrogens with one attached hydrogen (secondary N) is 1. The molecule has 3 aromatic rings. The van der Waals surface area contributed by atoms with Gasteiger partial charge in [-0.15, -0.1) is 0 Å². The van der Waals surface area contributed by atoms with Gasteiger partial charge in [-0.1, -0.05) is 23.5 Å². The van der Waals surface area contributed by atoms with Gasteiger partial charge in [-0.3, -0.25) is 10.1 Å². The summed E-state index contributed by atoms with van der Waals surface area (Å²) < 4.78 is 2.38. The second-order valence-corrected chi connectivity index (χ2v) is 6.95. The van der Waals surface area contributed by atoms with Gasteiger partial charge in [-0.25, -0.2) is 14.6 Å². The van der Waals surface area contributed by atoms with Crippen molar-refractivity contribution in [2.24, 2.45) is 0 Å². The molecule has 0 spiro atoms. The SMILES string of the molecule is O=C(Nc1nc([C]2[CH][CH][CH][CH]2)c(-n2cncn2)s1)c1ccccc1Br. The van der Waals surface area contributed by atoms with Crippen LogP contribution < -0.4 is 5.32 Å². The number of rotatable bonds is 4. The molecule has 1 N–H and O–H groups in total. The third kappa shape index (κ3) is 3.36. The fourth-order valence-electron chi connectivity index (χ4n) is 2.36. The summed E-state index contributed by atoms with van der Waals surface area (Å²) in [6.07, 6.45) is 10.9. The van der Waals surface area contributed by atoms with Crippen LogP contribution in [0.15, 0.2) is 41.4 Å². The molecule has 25 heavy (non-hydrogen) atoms. The van der Waals surface area contributed by atoms with Crippen molar-refractivity contribution in [3.63, 3.8) is 0 Å². The van der Waals surface area contributed by atoms with Crippen molar-refractivity contribution < 1.29 is 4.79 Å². The Hall–Kier alpha value is -2.06. The van der Waals surface area contributed by atoms with Crippen molar-refractivity contribution in [3.8, 4) is 5.00 Å². The van der Waals surface area contributed by atoms with Gasteiger partial charge in [0.2, 0.25) is 0 Å². The van der Waals surface area contributed by atoms with Crippen LogP contribution in [0.2, 0.25) is 0 Å². The number of amides is 1. The average Bonchev–Trinajstić information content (AvgIpc) is 3.36. The first-order chi connectivity index (χ1) is 12.2. The molecule has 1 amide bonds. The van der Waals surface area contributed by atoms with Gasteiger partial charge >= 0.3 is 0 Å². The standard InChI is InChI=1S/C17H11BrN5OS/c18-13-8-4-3-7-12(13)15(24)22-17-21-14(11-5-1-2-6-11)16(25-17)23-10-19-9-20-23/h1-10H,(H,21,22,24). The summed E-state index contributed by atoms with van der Waals surface area (Å²) in [5.74, 6) is 0.739. The second kappa shape index (κ2) is 7.05. The summed E-state index contributed by atoms with van der Waals surface area (Å²) in [5, 5.41) is 8.34. The zero-order valence-electron chi connectivity index (χ0n) is 12.8. The lowest BCUT2D eigenvalue weighted by molar-refractivity contribution is 0.102. The number of hydrogen-bond acceptors (Lipinski definition) is 5. The fourth-order valence-corrected chi connectivity index (χ4v) is 3.74. The van der Waals surface area contributed by atoms with Crippen molar-refractivity contribution in [2.45, 2.75) is 0 Å². The second-order valence-electron chi connectivity index (χ2n) is 5.12. The third-order valence-corrected chi connectivity index (χ3v) is 5.16. The van der Waals surface area contributed by atoms with E-state index in [2.05, 4.69) is 36.3 Å². The molecule has 1 aliphatic rings. The van der Waals surface area contributed by atoms with Crippen molar-refractivity contribution in [1.29, 1.82) is 0 Å². The number of aromatic nitrogens is 4. The quantitative estimate of drug-likeness (QED) is 0.711. The van der Waals surface area contributed by atoms with Crippen LogP contribution in [0.5, 0.6) is 0 Å². The normalized spacial score (nSPS) is 14.8. The maximum absolute atomic E-state index is 12.5. The fraction of sp³-hybridized carbons (Fsp3) is 0. The van der Waals surface area contributed by atoms with Gasteiger partial charge in [0.1, 0.15) is 17.7 Å². The van der Waals surface area contributed by atoms with E-state index in [1.807, 2.05) is 43.9 Å². The van der Waals surface area contributed by atoms with Gasteiger partial charge < -0.3 is 0 Å². The minimum absolute atomic E-state index is 0.222. The van der Waals surface area contributed by atoms with E-state index >= 15 is 0 Å². The van der Waals surface area contributed by atoms with E-state index in [4.69, 9.17) is 0 Å². The third-order valence-electron chi connectivity index (χ3n) is 3.51. The summed E-state index contributed by atoms with van der Waals surface area (Å²) in [6.45, 7) is 0. The largest absolute Gasteiger partial charge is 0.298 e. The van der Waals surface area contributed by atoms with Gasteiger partial charge in [0, 0.05) is 10.4 Å². The molecule has 6 nitrogen and oxygen atoms in total. The lowest BCUT2D eigenvalue weighted by Gasteiger charge is -2.06. The highest BCUT2D eigenvalue weighted by molar-refractivity contribution is 9.10. The highest BCUT2D eigenvalue weighted by Crippen LogP contribution is 2.37. The molecule has 2 aromatic heterocycles. The Balaban J connectivity index is 1.65. The van der Waals surface area contributed by atoms with E-state index in [9.17, 15) is 4.79 Å². The van der Waals surface area contributed by atoms with Crippen LogP contribution in [0.4, 0.5) is 5.13 Å². The molecule has 0 unspecified atom stereocenters. The molecule has 0 bridgehead atoms. The van der Waals surface area contributed by atoms with Crippen molar-refractivity contribution in [2.75, 3.05) is 5.32 Å². The van der Waals surface area contributed by atoms with Gasteiger partial charge in [0.15, 0.2) is 5.13 Å². The monoisotopic (exact) mass is 412 g/mol. The zero-order valence-corrected chi connectivity index (χ0v) is 15.2. The summed E-state index contributed by atoms with van der Waals surface area (Å²) in [7, 11) is 0. The van der Waals surface area contributed by atoms with Crippen LogP contribution in [0.3, 0.4) is 0 Å². The maximum Gasteiger partial charge on any atom is 0.258 e. The number of thiazole rings is 1. The Morgan fingerprint density at radius 3 is 2.72 bits per heavy atom. The average molecular weight is 413 g/mol. The van der Waals surface area contributed by atoms with Gasteiger partial charge in [-0.2, -0.15) is 5.10 Å². The molecule has 0 aliphatic heterocycles. The molecule has 5 radical (unpaired) electrons. The summed E-state index contributed by atoms with van der Waals surface area (Å²) in [6, 6.07) is 7.26. The Labute approximate surface area is 157 Å². The molecule has 2 heterocycles. The Morgan fingerprint density at radius 1 is 1.20 bits per heavy atom. The smallest absolute Gasteiger partial charge is 0.258 e. The lowest BCUT2D eigenvalue weighted by Crippen LogP contribution is -2.12. The molecule has 1 fully saturated rings. The molecule has 1 saturated carbocycles. The first kappa shape index (κ1) is 16.4. The van der Waals surface area contributed by atoms with Crippen LogP contribution in [0.25, 0.3) is 5.00 Å². The first-order valence-electron chi connectivity index (χ1n) is 7.36. The Morgan fingerprint density at radius 2 is 2.00 bits per heavy atom. The van der Waals surface area contributed by atoms with E-state index < -0.39 is 0 Å². The minimum atomic E-state index is -0.222. The Bertz CT molecular complexity index is 886. The van der Waals surface area contributed by atoms with E-state index in [-0.39, 0.29) is 5.91 Å². The van der Waals surface area contributed by atoms with E-state index in [1.165, 1.54) is 17.7 Å². The molecular weight excluding hydrogens is 402 g/mol. The number of hydrogen-bond donors (Lipinski definition) is 1. The van der Waals surface area contributed by atoms with Crippen molar-refractivity contribution in [3.05, 3.63) is 84.3 Å². The number of carbonyl (C=O) groups excluding carboxylic acids is 1. The van der Waals surface area contributed by atoms with Gasteiger partial charge in [0.05, 0.1) is 11.3 Å². The summed E-state index contributed by atoms with van der Waals surface area (Å²) in [4.78, 5) is 21.1. The minimum Gasteiger partial charge on any atom is -0.298 e. The molecular formula is C17H11BrN5OS. The van der Waals surface area contributed by atoms with Crippen LogP contribution >= 0.6 is 27.3 Å². The van der Waals surface area contributed by atoms with Crippen LogP contribution in [0, 0.1) is 31.6 Å². The number of halogens is 1. The number of benzene rings is 1. The summed E-state index contributed by atoms with van der Waals surface area (Å²) in [5.41, 5.74) is 1.30.